The zero-order chi connectivity index (χ0) is 35.4. The summed E-state index contributed by atoms with van der Waals surface area (Å²) in [4.78, 5) is 41.0. The van der Waals surface area contributed by atoms with Gasteiger partial charge in [-0.15, -0.1) is 0 Å². The number of amides is 1. The minimum Gasteiger partial charge on any atom is -0.482 e. The van der Waals surface area contributed by atoms with Gasteiger partial charge in [-0.2, -0.15) is 0 Å². The van der Waals surface area contributed by atoms with Crippen LogP contribution in [0.3, 0.4) is 0 Å². The highest BCUT2D eigenvalue weighted by atomic mass is 17.2. The number of ether oxygens (including phenoxy) is 1. The molecule has 1 amide bonds. The van der Waals surface area contributed by atoms with Crippen molar-refractivity contribution in [3.63, 3.8) is 0 Å². The fourth-order valence-electron chi connectivity index (χ4n) is 8.17. The maximum atomic E-state index is 13.3. The monoisotopic (exact) mass is 695 g/mol. The minimum atomic E-state index is -1.82. The molecule has 0 radical (unpaired) electrons. The van der Waals surface area contributed by atoms with Gasteiger partial charge in [0.15, 0.2) is 16.8 Å². The number of rotatable bonds is 12. The molecule has 1 aromatic carbocycles. The van der Waals surface area contributed by atoms with Crippen molar-refractivity contribution < 1.29 is 49.3 Å². The summed E-state index contributed by atoms with van der Waals surface area (Å²) < 4.78 is 15.1. The Morgan fingerprint density at radius 3 is 2.58 bits per heavy atom. The number of hydrogen-bond donors (Lipinski definition) is 7. The van der Waals surface area contributed by atoms with Crippen LogP contribution in [-0.2, 0) is 21.0 Å². The van der Waals surface area contributed by atoms with Gasteiger partial charge in [-0.3, -0.25) is 9.59 Å². The average Bonchev–Trinajstić information content (AvgIpc) is 3.89. The molecule has 14 heteroatoms. The van der Waals surface area contributed by atoms with E-state index in [1.165, 1.54) is 6.07 Å². The first-order valence-corrected chi connectivity index (χ1v) is 17.3. The van der Waals surface area contributed by atoms with Gasteiger partial charge in [0.25, 0.3) is 0 Å². The fourth-order valence-corrected chi connectivity index (χ4v) is 8.17. The van der Waals surface area contributed by atoms with Gasteiger partial charge in [0.2, 0.25) is 5.91 Å². The number of aliphatic hydroxyl groups excluding tert-OH is 5. The molecule has 0 bridgehead atoms. The molecule has 5 heterocycles. The van der Waals surface area contributed by atoms with Crippen molar-refractivity contribution in [3.05, 3.63) is 58.3 Å². The third-order valence-corrected chi connectivity index (χ3v) is 11.2. The lowest BCUT2D eigenvalue weighted by Crippen LogP contribution is -2.52. The lowest BCUT2D eigenvalue weighted by atomic mass is 9.72. The fraction of sp³-hybridized carbons (Fsp3) is 0.556. The van der Waals surface area contributed by atoms with Crippen molar-refractivity contribution >= 4 is 27.8 Å². The van der Waals surface area contributed by atoms with Crippen LogP contribution in [0.1, 0.15) is 56.8 Å². The number of carbonyl (C=O) groups excluding carboxylic acids is 1. The summed E-state index contributed by atoms with van der Waals surface area (Å²) in [6, 6.07) is 5.12. The van der Waals surface area contributed by atoms with Gasteiger partial charge >= 0.3 is 0 Å². The second-order valence-electron chi connectivity index (χ2n) is 14.4. The highest BCUT2D eigenvalue weighted by Gasteiger charge is 2.53. The standard InChI is InChI=1S/C36H45N3O11/c1-19-11-25(41)23-12-21-13-28(50-47-18-27(43)31(45)30(44)26(42)17-40)35(2,9-5-22-14-38-34(46)36(22)7-3-4-8-36)49-32(21)29(33(23)48-19)39-15-20-6-10-37-24(20)16-39/h6,10-12,15-16,22,26-28,30-31,37,40,42-45H,3-5,7-9,13-14,17-18H2,1-2H3,(H,38,46)/t22-,26+,27-,28+,30+,31+,35+/m0/s1. The highest BCUT2D eigenvalue weighted by Crippen LogP contribution is 2.51. The Bertz CT molecular complexity index is 1900. The molecule has 3 aromatic heterocycles. The Morgan fingerprint density at radius 1 is 1.08 bits per heavy atom. The topological polar surface area (TPSA) is 209 Å². The normalized spacial score (nSPS) is 25.5. The van der Waals surface area contributed by atoms with E-state index < -0.39 is 54.7 Å². The molecule has 1 aliphatic carbocycles. The maximum Gasteiger partial charge on any atom is 0.226 e. The highest BCUT2D eigenvalue weighted by molar-refractivity contribution is 5.91. The zero-order valence-corrected chi connectivity index (χ0v) is 28.1. The van der Waals surface area contributed by atoms with Crippen LogP contribution in [0.5, 0.6) is 5.75 Å². The van der Waals surface area contributed by atoms with Crippen LogP contribution in [0, 0.1) is 18.3 Å². The first-order chi connectivity index (χ1) is 23.9. The molecular formula is C36H45N3O11. The first-order valence-electron chi connectivity index (χ1n) is 17.3. The van der Waals surface area contributed by atoms with E-state index in [1.807, 2.05) is 36.1 Å². The lowest BCUT2D eigenvalue weighted by molar-refractivity contribution is -0.360. The van der Waals surface area contributed by atoms with Crippen LogP contribution < -0.4 is 15.5 Å². The van der Waals surface area contributed by atoms with Crippen LogP contribution in [0.4, 0.5) is 0 Å². The van der Waals surface area contributed by atoms with Gasteiger partial charge in [0, 0.05) is 48.6 Å². The third kappa shape index (κ3) is 6.02. The number of nitrogens with zero attached hydrogens (tertiary/aromatic N) is 1. The van der Waals surface area contributed by atoms with Gasteiger partial charge in [-0.1, -0.05) is 12.8 Å². The predicted molar refractivity (Wildman–Crippen MR) is 180 cm³/mol. The van der Waals surface area contributed by atoms with E-state index >= 15 is 0 Å². The molecule has 2 aliphatic heterocycles. The molecule has 270 valence electrons. The smallest absolute Gasteiger partial charge is 0.226 e. The number of carbonyl (C=O) groups is 1. The van der Waals surface area contributed by atoms with E-state index in [0.29, 0.717) is 53.1 Å². The van der Waals surface area contributed by atoms with Crippen molar-refractivity contribution in [3.8, 4) is 11.4 Å². The summed E-state index contributed by atoms with van der Waals surface area (Å²) in [7, 11) is 0. The van der Waals surface area contributed by atoms with E-state index in [9.17, 15) is 30.0 Å². The molecule has 7 rings (SSSR count). The molecule has 4 aromatic rings. The van der Waals surface area contributed by atoms with E-state index in [1.54, 1.807) is 13.0 Å². The van der Waals surface area contributed by atoms with Gasteiger partial charge < -0.3 is 49.6 Å². The molecule has 2 fully saturated rings. The van der Waals surface area contributed by atoms with Crippen molar-refractivity contribution in [2.24, 2.45) is 11.3 Å². The molecular weight excluding hydrogens is 650 g/mol. The van der Waals surface area contributed by atoms with Crippen molar-refractivity contribution in [2.75, 3.05) is 19.8 Å². The summed E-state index contributed by atoms with van der Waals surface area (Å²) in [5.41, 5.74) is 0.831. The Kier molecular flexibility index (Phi) is 9.30. The second kappa shape index (κ2) is 13.4. The second-order valence-corrected chi connectivity index (χ2v) is 14.4. The Labute approximate surface area is 287 Å². The lowest BCUT2D eigenvalue weighted by Gasteiger charge is -2.43. The minimum absolute atomic E-state index is 0.0966. The predicted octanol–water partition coefficient (Wildman–Crippen LogP) is 1.91. The average molecular weight is 696 g/mol. The first kappa shape index (κ1) is 34.7. The quantitative estimate of drug-likeness (QED) is 0.0841. The van der Waals surface area contributed by atoms with Crippen LogP contribution >= 0.6 is 0 Å². The molecule has 7 atom stereocenters. The Hall–Kier alpha value is -3.76. The largest absolute Gasteiger partial charge is 0.482 e. The van der Waals surface area contributed by atoms with E-state index in [0.717, 1.165) is 36.6 Å². The molecule has 7 N–H and O–H groups in total. The zero-order valence-electron chi connectivity index (χ0n) is 28.1. The van der Waals surface area contributed by atoms with Crippen molar-refractivity contribution in [1.82, 2.24) is 14.9 Å². The molecule has 1 spiro atoms. The SMILES string of the molecule is Cc1cc(=O)c2cc3c(c(-n4cc5cc[nH]c5c4)c2o1)O[C@](C)(CC[C@H]1CNC(=O)C12CCCC2)[C@H](OOC[C@H](O)[C@@H](O)[C@H](O)[C@H](O)CO)C3. The van der Waals surface area contributed by atoms with Crippen LogP contribution in [0.2, 0.25) is 0 Å². The number of benzene rings is 1. The number of aromatic amines is 1. The summed E-state index contributed by atoms with van der Waals surface area (Å²) in [5, 5.41) is 54.1. The number of nitrogens with one attached hydrogen (secondary N) is 2. The number of hydrogen-bond acceptors (Lipinski definition) is 11. The molecule has 0 unspecified atom stereocenters. The third-order valence-electron chi connectivity index (χ3n) is 11.2. The van der Waals surface area contributed by atoms with Gasteiger partial charge in [0.1, 0.15) is 54.2 Å². The number of aryl methyl sites for hydroxylation is 1. The van der Waals surface area contributed by atoms with E-state index in [2.05, 4.69) is 10.3 Å². The van der Waals surface area contributed by atoms with Crippen LogP contribution in [0.15, 0.2) is 46.0 Å². The van der Waals surface area contributed by atoms with Crippen LogP contribution in [0.25, 0.3) is 27.6 Å². The van der Waals surface area contributed by atoms with Crippen molar-refractivity contribution in [1.29, 1.82) is 0 Å². The summed E-state index contributed by atoms with van der Waals surface area (Å²) in [5.74, 6) is 1.17. The summed E-state index contributed by atoms with van der Waals surface area (Å²) in [6.45, 7) is 2.83. The molecule has 50 heavy (non-hydrogen) atoms. The summed E-state index contributed by atoms with van der Waals surface area (Å²) >= 11 is 0. The molecule has 1 saturated carbocycles. The molecule has 1 saturated heterocycles. The van der Waals surface area contributed by atoms with Crippen LogP contribution in [-0.4, -0.2) is 96.9 Å². The van der Waals surface area contributed by atoms with E-state index in [-0.39, 0.29) is 23.7 Å². The Balaban J connectivity index is 1.24. The molecule has 14 nitrogen and oxygen atoms in total. The number of aliphatic hydroxyl groups is 5. The van der Waals surface area contributed by atoms with Gasteiger partial charge in [0.05, 0.1) is 22.9 Å². The summed E-state index contributed by atoms with van der Waals surface area (Å²) in [6.07, 6.45) is 3.02. The number of H-pyrrole nitrogens is 1. The Morgan fingerprint density at radius 2 is 1.84 bits per heavy atom. The van der Waals surface area contributed by atoms with E-state index in [4.69, 9.17) is 24.0 Å². The van der Waals surface area contributed by atoms with Crippen molar-refractivity contribution in [2.45, 2.75) is 94.9 Å². The van der Waals surface area contributed by atoms with Gasteiger partial charge in [-0.05, 0) is 57.6 Å². The number of fused-ring (bicyclic) bond motifs is 3. The molecule has 3 aliphatic rings. The number of aromatic nitrogens is 2. The van der Waals surface area contributed by atoms with Gasteiger partial charge in [-0.25, -0.2) is 9.78 Å². The maximum absolute atomic E-state index is 13.3.